The number of hydroxylamine groups is 1. The lowest BCUT2D eigenvalue weighted by Gasteiger charge is -2.11. The van der Waals surface area contributed by atoms with Crippen LogP contribution in [-0.4, -0.2) is 13.5 Å². The fourth-order valence-electron chi connectivity index (χ4n) is 1.45. The molecule has 1 amide bonds. The van der Waals surface area contributed by atoms with Gasteiger partial charge in [-0.2, -0.15) is 0 Å². The largest absolute Gasteiger partial charge is 0.327 e. The van der Waals surface area contributed by atoms with Gasteiger partial charge in [-0.3, -0.25) is 9.86 Å². The van der Waals surface area contributed by atoms with Gasteiger partial charge in [0, 0.05) is 12.6 Å². The van der Waals surface area contributed by atoms with Crippen LogP contribution in [0.3, 0.4) is 0 Å². The first kappa shape index (κ1) is 8.07. The van der Waals surface area contributed by atoms with E-state index in [2.05, 4.69) is 5.32 Å². The van der Waals surface area contributed by atoms with Crippen LogP contribution in [0.4, 0.5) is 5.69 Å². The van der Waals surface area contributed by atoms with E-state index in [0.29, 0.717) is 6.41 Å². The molecule has 0 fully saturated rings. The van der Waals surface area contributed by atoms with Gasteiger partial charge >= 0.3 is 0 Å². The SMILES string of the molecule is CN1OC(NC=O)c2ccccc21. The van der Waals surface area contributed by atoms with E-state index in [-0.39, 0.29) is 6.23 Å². The highest BCUT2D eigenvalue weighted by Gasteiger charge is 2.26. The average Bonchev–Trinajstić information content (AvgIpc) is 2.46. The van der Waals surface area contributed by atoms with Gasteiger partial charge in [-0.15, -0.1) is 0 Å². The van der Waals surface area contributed by atoms with E-state index < -0.39 is 0 Å². The number of fused-ring (bicyclic) bond motifs is 1. The van der Waals surface area contributed by atoms with Crippen molar-refractivity contribution in [1.29, 1.82) is 0 Å². The fourth-order valence-corrected chi connectivity index (χ4v) is 1.45. The number of nitrogens with one attached hydrogen (secondary N) is 1. The molecule has 4 nitrogen and oxygen atoms in total. The number of benzene rings is 1. The van der Waals surface area contributed by atoms with E-state index in [1.807, 2.05) is 31.3 Å². The maximum atomic E-state index is 10.3. The summed E-state index contributed by atoms with van der Waals surface area (Å²) in [6, 6.07) is 7.73. The zero-order valence-corrected chi connectivity index (χ0v) is 7.23. The van der Waals surface area contributed by atoms with Crippen molar-refractivity contribution in [2.45, 2.75) is 6.23 Å². The third-order valence-electron chi connectivity index (χ3n) is 2.04. The third kappa shape index (κ3) is 1.25. The molecule has 1 N–H and O–H groups in total. The minimum Gasteiger partial charge on any atom is -0.327 e. The predicted molar refractivity (Wildman–Crippen MR) is 47.9 cm³/mol. The zero-order chi connectivity index (χ0) is 9.26. The van der Waals surface area contributed by atoms with Gasteiger partial charge in [0.2, 0.25) is 6.41 Å². The van der Waals surface area contributed by atoms with Crippen molar-refractivity contribution < 1.29 is 9.63 Å². The van der Waals surface area contributed by atoms with Crippen LogP contribution in [0.25, 0.3) is 0 Å². The lowest BCUT2D eigenvalue weighted by Crippen LogP contribution is -2.22. The molecule has 1 unspecified atom stereocenters. The summed E-state index contributed by atoms with van der Waals surface area (Å²) in [6.07, 6.45) is 0.291. The molecule has 0 aliphatic carbocycles. The van der Waals surface area contributed by atoms with Crippen LogP contribution in [0.5, 0.6) is 0 Å². The van der Waals surface area contributed by atoms with Crippen molar-refractivity contribution in [2.24, 2.45) is 0 Å². The van der Waals surface area contributed by atoms with Crippen LogP contribution in [-0.2, 0) is 9.63 Å². The molecule has 1 aliphatic heterocycles. The molecule has 0 aromatic heterocycles. The lowest BCUT2D eigenvalue weighted by molar-refractivity contribution is -0.113. The summed E-state index contributed by atoms with van der Waals surface area (Å²) in [4.78, 5) is 15.6. The molecule has 1 aromatic carbocycles. The minimum absolute atomic E-state index is 0.348. The number of anilines is 1. The summed E-state index contributed by atoms with van der Waals surface area (Å²) < 4.78 is 0. The molecule has 0 saturated carbocycles. The summed E-state index contributed by atoms with van der Waals surface area (Å²) in [5.74, 6) is 0. The second-order valence-electron chi connectivity index (χ2n) is 2.83. The Labute approximate surface area is 76.1 Å². The first-order valence-electron chi connectivity index (χ1n) is 4.02. The number of carbonyl (C=O) groups excluding carboxylic acids is 1. The van der Waals surface area contributed by atoms with E-state index in [4.69, 9.17) is 4.84 Å². The number of para-hydroxylation sites is 1. The van der Waals surface area contributed by atoms with Gasteiger partial charge in [0.15, 0.2) is 6.23 Å². The van der Waals surface area contributed by atoms with Crippen LogP contribution in [0.1, 0.15) is 11.8 Å². The Morgan fingerprint density at radius 3 is 3.08 bits per heavy atom. The van der Waals surface area contributed by atoms with Crippen molar-refractivity contribution in [1.82, 2.24) is 5.32 Å². The number of amides is 1. The third-order valence-corrected chi connectivity index (χ3v) is 2.04. The molecule has 1 aromatic rings. The summed E-state index contributed by atoms with van der Waals surface area (Å²) in [6.45, 7) is 0. The molecule has 1 heterocycles. The van der Waals surface area contributed by atoms with Gasteiger partial charge < -0.3 is 5.32 Å². The maximum absolute atomic E-state index is 10.3. The summed E-state index contributed by atoms with van der Waals surface area (Å²) >= 11 is 0. The molecule has 0 spiro atoms. The fraction of sp³-hybridized carbons (Fsp3) is 0.222. The monoisotopic (exact) mass is 178 g/mol. The zero-order valence-electron chi connectivity index (χ0n) is 7.23. The normalized spacial score (nSPS) is 19.8. The first-order chi connectivity index (χ1) is 6.33. The molecule has 2 rings (SSSR count). The summed E-state index contributed by atoms with van der Waals surface area (Å²) in [7, 11) is 1.81. The number of rotatable bonds is 2. The average molecular weight is 178 g/mol. The van der Waals surface area contributed by atoms with E-state index in [1.54, 1.807) is 5.06 Å². The van der Waals surface area contributed by atoms with Gasteiger partial charge in [0.05, 0.1) is 5.69 Å². The van der Waals surface area contributed by atoms with Crippen LogP contribution in [0.15, 0.2) is 24.3 Å². The van der Waals surface area contributed by atoms with Crippen LogP contribution in [0.2, 0.25) is 0 Å². The van der Waals surface area contributed by atoms with Crippen LogP contribution < -0.4 is 10.4 Å². The summed E-state index contributed by atoms with van der Waals surface area (Å²) in [5, 5.41) is 4.24. The Bertz CT molecular complexity index is 327. The Hall–Kier alpha value is -1.55. The van der Waals surface area contributed by atoms with E-state index in [9.17, 15) is 4.79 Å². The topological polar surface area (TPSA) is 41.6 Å². The number of hydrogen-bond donors (Lipinski definition) is 1. The van der Waals surface area contributed by atoms with Crippen molar-refractivity contribution in [2.75, 3.05) is 12.1 Å². The number of hydrogen-bond acceptors (Lipinski definition) is 3. The Kier molecular flexibility index (Phi) is 1.90. The molecule has 0 bridgehead atoms. The highest BCUT2D eigenvalue weighted by atomic mass is 16.7. The van der Waals surface area contributed by atoms with E-state index in [0.717, 1.165) is 11.3 Å². The molecule has 0 radical (unpaired) electrons. The van der Waals surface area contributed by atoms with Crippen molar-refractivity contribution >= 4 is 12.1 Å². The molecular formula is C9H10N2O2. The Morgan fingerprint density at radius 2 is 2.31 bits per heavy atom. The lowest BCUT2D eigenvalue weighted by atomic mass is 10.1. The molecule has 4 heteroatoms. The first-order valence-corrected chi connectivity index (χ1v) is 4.02. The molecule has 1 atom stereocenters. The highest BCUT2D eigenvalue weighted by Crippen LogP contribution is 2.33. The van der Waals surface area contributed by atoms with Crippen molar-refractivity contribution in [3.8, 4) is 0 Å². The van der Waals surface area contributed by atoms with Crippen molar-refractivity contribution in [3.63, 3.8) is 0 Å². The van der Waals surface area contributed by atoms with Crippen LogP contribution in [0, 0.1) is 0 Å². The second-order valence-corrected chi connectivity index (χ2v) is 2.83. The second kappa shape index (κ2) is 3.06. The predicted octanol–water partition coefficient (Wildman–Crippen LogP) is 0.813. The quantitative estimate of drug-likeness (QED) is 0.681. The molecular weight excluding hydrogens is 168 g/mol. The van der Waals surface area contributed by atoms with E-state index >= 15 is 0 Å². The molecule has 1 aliphatic rings. The maximum Gasteiger partial charge on any atom is 0.209 e. The van der Waals surface area contributed by atoms with Gasteiger partial charge in [-0.1, -0.05) is 18.2 Å². The smallest absolute Gasteiger partial charge is 0.209 e. The molecule has 68 valence electrons. The molecule has 13 heavy (non-hydrogen) atoms. The Balaban J connectivity index is 2.35. The van der Waals surface area contributed by atoms with Gasteiger partial charge in [-0.25, -0.2) is 4.84 Å². The van der Waals surface area contributed by atoms with Gasteiger partial charge in [0.25, 0.3) is 0 Å². The molecule has 0 saturated heterocycles. The minimum atomic E-state index is -0.348. The standard InChI is InChI=1S/C9H10N2O2/c1-11-8-5-3-2-4-7(8)9(13-11)10-6-12/h2-6,9H,1H3,(H,10,12). The number of nitrogens with zero attached hydrogens (tertiary/aromatic N) is 1. The van der Waals surface area contributed by atoms with E-state index in [1.165, 1.54) is 0 Å². The summed E-state index contributed by atoms with van der Waals surface area (Å²) in [5.41, 5.74) is 1.97. The van der Waals surface area contributed by atoms with Gasteiger partial charge in [0.1, 0.15) is 0 Å². The highest BCUT2D eigenvalue weighted by molar-refractivity contribution is 5.57. The number of carbonyl (C=O) groups is 1. The van der Waals surface area contributed by atoms with Crippen molar-refractivity contribution in [3.05, 3.63) is 29.8 Å². The Morgan fingerprint density at radius 1 is 1.54 bits per heavy atom. The van der Waals surface area contributed by atoms with Crippen LogP contribution >= 0.6 is 0 Å². The van der Waals surface area contributed by atoms with Gasteiger partial charge in [-0.05, 0) is 6.07 Å².